The lowest BCUT2D eigenvalue weighted by atomic mass is 10.1. The molecule has 0 saturated heterocycles. The Morgan fingerprint density at radius 3 is 2.53 bits per heavy atom. The number of ether oxygens (including phenoxy) is 1. The van der Waals surface area contributed by atoms with Crippen LogP contribution in [0.15, 0.2) is 53.0 Å². The van der Waals surface area contributed by atoms with Crippen LogP contribution in [-0.2, 0) is 12.8 Å². The second-order valence-electron chi connectivity index (χ2n) is 6.74. The van der Waals surface area contributed by atoms with Crippen molar-refractivity contribution in [1.82, 2.24) is 0 Å². The van der Waals surface area contributed by atoms with Crippen LogP contribution in [-0.4, -0.2) is 18.4 Å². The van der Waals surface area contributed by atoms with Gasteiger partial charge in [-0.05, 0) is 58.6 Å². The molecule has 1 aromatic heterocycles. The Morgan fingerprint density at radius 2 is 1.90 bits per heavy atom. The first-order valence-corrected chi connectivity index (χ1v) is 11.2. The SMILES string of the molecule is CCc1c(C)sc(NC(=O)c2ccc(OCCc3ccccc3)c(Br)c2)c1C(N)=O. The molecule has 3 aromatic rings. The second-order valence-corrected chi connectivity index (χ2v) is 8.82. The Kier molecular flexibility index (Phi) is 7.29. The van der Waals surface area contributed by atoms with E-state index in [1.165, 1.54) is 16.9 Å². The van der Waals surface area contributed by atoms with E-state index < -0.39 is 5.91 Å². The number of carbonyl (C=O) groups is 2. The minimum Gasteiger partial charge on any atom is -0.492 e. The van der Waals surface area contributed by atoms with E-state index in [0.717, 1.165) is 16.9 Å². The van der Waals surface area contributed by atoms with Gasteiger partial charge < -0.3 is 15.8 Å². The van der Waals surface area contributed by atoms with Crippen molar-refractivity contribution in [3.05, 3.63) is 80.1 Å². The highest BCUT2D eigenvalue weighted by Crippen LogP contribution is 2.34. The summed E-state index contributed by atoms with van der Waals surface area (Å²) in [5.41, 5.74) is 8.48. The van der Waals surface area contributed by atoms with Crippen LogP contribution in [0.25, 0.3) is 0 Å². The molecule has 2 amide bonds. The minimum absolute atomic E-state index is 0.307. The van der Waals surface area contributed by atoms with Crippen molar-refractivity contribution in [3.8, 4) is 5.75 Å². The molecule has 0 aliphatic rings. The minimum atomic E-state index is -0.533. The van der Waals surface area contributed by atoms with Crippen LogP contribution in [0.3, 0.4) is 0 Å². The third-order valence-corrected chi connectivity index (χ3v) is 6.40. The average molecular weight is 487 g/mol. The van der Waals surface area contributed by atoms with Gasteiger partial charge in [0.1, 0.15) is 10.8 Å². The Hall–Kier alpha value is -2.64. The summed E-state index contributed by atoms with van der Waals surface area (Å²) in [6, 6.07) is 15.3. The maximum atomic E-state index is 12.7. The van der Waals surface area contributed by atoms with E-state index in [-0.39, 0.29) is 5.91 Å². The van der Waals surface area contributed by atoms with Crippen LogP contribution in [0, 0.1) is 6.92 Å². The smallest absolute Gasteiger partial charge is 0.256 e. The Balaban J connectivity index is 1.69. The standard InChI is InChI=1S/C23H23BrN2O3S/c1-3-17-14(2)30-23(20(17)21(25)27)26-22(28)16-9-10-19(18(24)13-16)29-12-11-15-7-5-4-6-8-15/h4-10,13H,3,11-12H2,1-2H3,(H2,25,27)(H,26,28). The summed E-state index contributed by atoms with van der Waals surface area (Å²) < 4.78 is 6.53. The Labute approximate surface area is 188 Å². The topological polar surface area (TPSA) is 81.4 Å². The molecule has 0 atom stereocenters. The van der Waals surface area contributed by atoms with Crippen molar-refractivity contribution in [1.29, 1.82) is 0 Å². The van der Waals surface area contributed by atoms with Gasteiger partial charge in [0.05, 0.1) is 16.6 Å². The molecule has 0 aliphatic carbocycles. The van der Waals surface area contributed by atoms with Crippen LogP contribution in [0.4, 0.5) is 5.00 Å². The molecule has 30 heavy (non-hydrogen) atoms. The zero-order chi connectivity index (χ0) is 21.7. The van der Waals surface area contributed by atoms with Crippen molar-refractivity contribution in [2.24, 2.45) is 5.73 Å². The molecule has 0 saturated carbocycles. The van der Waals surface area contributed by atoms with Gasteiger partial charge in [-0.3, -0.25) is 9.59 Å². The lowest BCUT2D eigenvalue weighted by Gasteiger charge is -2.10. The van der Waals surface area contributed by atoms with E-state index >= 15 is 0 Å². The van der Waals surface area contributed by atoms with E-state index in [0.29, 0.717) is 39.4 Å². The van der Waals surface area contributed by atoms with Gasteiger partial charge in [0.15, 0.2) is 0 Å². The van der Waals surface area contributed by atoms with Crippen LogP contribution in [0.5, 0.6) is 5.75 Å². The molecule has 7 heteroatoms. The predicted octanol–water partition coefficient (Wildman–Crippen LogP) is 5.35. The van der Waals surface area contributed by atoms with Crippen LogP contribution >= 0.6 is 27.3 Å². The van der Waals surface area contributed by atoms with E-state index in [2.05, 4.69) is 33.4 Å². The molecule has 0 aliphatic heterocycles. The third kappa shape index (κ3) is 5.09. The van der Waals surface area contributed by atoms with E-state index in [9.17, 15) is 9.59 Å². The average Bonchev–Trinajstić information content (AvgIpc) is 3.04. The summed E-state index contributed by atoms with van der Waals surface area (Å²) in [4.78, 5) is 25.6. The maximum Gasteiger partial charge on any atom is 0.256 e. The van der Waals surface area contributed by atoms with Gasteiger partial charge in [0.25, 0.3) is 11.8 Å². The van der Waals surface area contributed by atoms with Crippen molar-refractivity contribution < 1.29 is 14.3 Å². The molecule has 156 valence electrons. The number of nitrogens with one attached hydrogen (secondary N) is 1. The van der Waals surface area contributed by atoms with E-state index in [1.807, 2.05) is 32.0 Å². The van der Waals surface area contributed by atoms with E-state index in [1.54, 1.807) is 18.2 Å². The number of hydrogen-bond donors (Lipinski definition) is 2. The monoisotopic (exact) mass is 486 g/mol. The highest BCUT2D eigenvalue weighted by atomic mass is 79.9. The Bertz CT molecular complexity index is 1060. The second kappa shape index (κ2) is 9.91. The fraction of sp³-hybridized carbons (Fsp3) is 0.217. The largest absolute Gasteiger partial charge is 0.492 e. The van der Waals surface area contributed by atoms with Crippen LogP contribution in [0.2, 0.25) is 0 Å². The van der Waals surface area contributed by atoms with Gasteiger partial charge >= 0.3 is 0 Å². The number of benzene rings is 2. The van der Waals surface area contributed by atoms with Gasteiger partial charge in [-0.2, -0.15) is 0 Å². The van der Waals surface area contributed by atoms with Gasteiger partial charge in [0.2, 0.25) is 0 Å². The summed E-state index contributed by atoms with van der Waals surface area (Å²) in [6.07, 6.45) is 1.47. The number of hydrogen-bond acceptors (Lipinski definition) is 4. The quantitative estimate of drug-likeness (QED) is 0.449. The van der Waals surface area contributed by atoms with Crippen LogP contribution < -0.4 is 15.8 Å². The summed E-state index contributed by atoms with van der Waals surface area (Å²) in [7, 11) is 0. The molecular weight excluding hydrogens is 464 g/mol. The van der Waals surface area contributed by atoms with Gasteiger partial charge in [0, 0.05) is 16.9 Å². The van der Waals surface area contributed by atoms with Crippen molar-refractivity contribution in [3.63, 3.8) is 0 Å². The lowest BCUT2D eigenvalue weighted by Crippen LogP contribution is -2.18. The molecule has 0 radical (unpaired) electrons. The third-order valence-electron chi connectivity index (χ3n) is 4.72. The Morgan fingerprint density at radius 1 is 1.17 bits per heavy atom. The van der Waals surface area contributed by atoms with Crippen LogP contribution in [0.1, 0.15) is 43.6 Å². The summed E-state index contributed by atoms with van der Waals surface area (Å²) in [5, 5.41) is 3.32. The summed E-state index contributed by atoms with van der Waals surface area (Å²) >= 11 is 4.84. The lowest BCUT2D eigenvalue weighted by molar-refractivity contribution is 0.100. The summed E-state index contributed by atoms with van der Waals surface area (Å²) in [6.45, 7) is 4.41. The summed E-state index contributed by atoms with van der Waals surface area (Å²) in [5.74, 6) is -0.173. The predicted molar refractivity (Wildman–Crippen MR) is 125 cm³/mol. The van der Waals surface area contributed by atoms with Crippen molar-refractivity contribution in [2.45, 2.75) is 26.7 Å². The maximum absolute atomic E-state index is 12.7. The highest BCUT2D eigenvalue weighted by molar-refractivity contribution is 9.10. The number of aryl methyl sites for hydroxylation is 1. The van der Waals surface area contributed by atoms with Crippen molar-refractivity contribution in [2.75, 3.05) is 11.9 Å². The molecular formula is C23H23BrN2O3S. The molecule has 1 heterocycles. The molecule has 3 N–H and O–H groups in total. The zero-order valence-corrected chi connectivity index (χ0v) is 19.2. The molecule has 0 fully saturated rings. The van der Waals surface area contributed by atoms with Gasteiger partial charge in [-0.1, -0.05) is 37.3 Å². The molecule has 2 aromatic carbocycles. The number of amides is 2. The van der Waals surface area contributed by atoms with E-state index in [4.69, 9.17) is 10.5 Å². The number of nitrogens with two attached hydrogens (primary N) is 1. The first-order valence-electron chi connectivity index (χ1n) is 9.60. The molecule has 0 spiro atoms. The fourth-order valence-electron chi connectivity index (χ4n) is 3.21. The number of rotatable bonds is 8. The molecule has 5 nitrogen and oxygen atoms in total. The van der Waals surface area contributed by atoms with Gasteiger partial charge in [-0.25, -0.2) is 0 Å². The number of halogens is 1. The number of carbonyl (C=O) groups excluding carboxylic acids is 2. The molecule has 0 bridgehead atoms. The van der Waals surface area contributed by atoms with Crippen molar-refractivity contribution >= 4 is 44.1 Å². The highest BCUT2D eigenvalue weighted by Gasteiger charge is 2.21. The fourth-order valence-corrected chi connectivity index (χ4v) is 4.85. The normalized spacial score (nSPS) is 10.6. The number of primary amides is 1. The van der Waals surface area contributed by atoms with Gasteiger partial charge in [-0.15, -0.1) is 11.3 Å². The number of anilines is 1. The first-order chi connectivity index (χ1) is 14.4. The zero-order valence-electron chi connectivity index (χ0n) is 16.8. The first kappa shape index (κ1) is 22.1. The molecule has 3 rings (SSSR count). The number of thiophene rings is 1. The molecule has 0 unspecified atom stereocenters.